The molecule has 0 aliphatic carbocycles. The summed E-state index contributed by atoms with van der Waals surface area (Å²) < 4.78 is 5.26. The van der Waals surface area contributed by atoms with Gasteiger partial charge < -0.3 is 14.5 Å². The van der Waals surface area contributed by atoms with Crippen molar-refractivity contribution in [1.29, 1.82) is 0 Å². The molecule has 18 heavy (non-hydrogen) atoms. The zero-order valence-electron chi connectivity index (χ0n) is 11.4. The third-order valence-electron chi connectivity index (χ3n) is 2.70. The van der Waals surface area contributed by atoms with E-state index in [9.17, 15) is 4.79 Å². The summed E-state index contributed by atoms with van der Waals surface area (Å²) >= 11 is 0. The molecule has 0 heterocycles. The summed E-state index contributed by atoms with van der Waals surface area (Å²) in [4.78, 5) is 15.1. The Kier molecular flexibility index (Phi) is 4.77. The van der Waals surface area contributed by atoms with Gasteiger partial charge in [0, 0.05) is 38.9 Å². The van der Waals surface area contributed by atoms with Gasteiger partial charge in [0.2, 0.25) is 0 Å². The van der Waals surface area contributed by atoms with Gasteiger partial charge in [-0.1, -0.05) is 18.7 Å². The van der Waals surface area contributed by atoms with Crippen LogP contribution in [-0.2, 0) is 0 Å². The average Bonchev–Trinajstić information content (AvgIpc) is 2.36. The molecule has 1 amide bonds. The van der Waals surface area contributed by atoms with E-state index >= 15 is 0 Å². The number of ether oxygens (including phenoxy) is 1. The van der Waals surface area contributed by atoms with E-state index in [-0.39, 0.29) is 6.09 Å². The fourth-order valence-electron chi connectivity index (χ4n) is 1.31. The van der Waals surface area contributed by atoms with E-state index in [1.54, 1.807) is 13.1 Å². The molecular formula is C14H20N2O2. The van der Waals surface area contributed by atoms with Crippen LogP contribution in [0.4, 0.5) is 4.79 Å². The average molecular weight is 248 g/mol. The molecule has 1 aromatic carbocycles. The van der Waals surface area contributed by atoms with Gasteiger partial charge in [-0.25, -0.2) is 4.79 Å². The van der Waals surface area contributed by atoms with Crippen molar-refractivity contribution in [3.63, 3.8) is 0 Å². The zero-order chi connectivity index (χ0) is 13.7. The first-order chi connectivity index (χ1) is 8.45. The lowest BCUT2D eigenvalue weighted by molar-refractivity contribution is 0.165. The Hall–Kier alpha value is -1.97. The van der Waals surface area contributed by atoms with Crippen molar-refractivity contribution in [1.82, 2.24) is 9.80 Å². The highest BCUT2D eigenvalue weighted by Crippen LogP contribution is 2.20. The summed E-state index contributed by atoms with van der Waals surface area (Å²) in [7, 11) is 5.54. The van der Waals surface area contributed by atoms with Gasteiger partial charge in [0.25, 0.3) is 0 Å². The molecule has 0 atom stereocenters. The third kappa shape index (κ3) is 3.52. The van der Waals surface area contributed by atoms with E-state index in [0.717, 1.165) is 11.3 Å². The van der Waals surface area contributed by atoms with E-state index < -0.39 is 0 Å². The summed E-state index contributed by atoms with van der Waals surface area (Å²) in [6.07, 6.45) is -0.356. The Balaban J connectivity index is 2.83. The van der Waals surface area contributed by atoms with E-state index in [2.05, 4.69) is 6.58 Å². The molecule has 0 bridgehead atoms. The quantitative estimate of drug-likeness (QED) is 0.821. The van der Waals surface area contributed by atoms with Crippen LogP contribution in [0.25, 0.3) is 5.70 Å². The predicted octanol–water partition coefficient (Wildman–Crippen LogP) is 2.67. The molecule has 4 heteroatoms. The Morgan fingerprint density at radius 1 is 1.33 bits per heavy atom. The first kappa shape index (κ1) is 14.1. The summed E-state index contributed by atoms with van der Waals surface area (Å²) in [5, 5.41) is 0. The molecule has 0 fully saturated rings. The summed E-state index contributed by atoms with van der Waals surface area (Å²) in [5.74, 6) is 0.529. The van der Waals surface area contributed by atoms with Gasteiger partial charge in [0.05, 0.1) is 0 Å². The van der Waals surface area contributed by atoms with Gasteiger partial charge in [-0.3, -0.25) is 0 Å². The number of hydrogen-bond acceptors (Lipinski definition) is 3. The van der Waals surface area contributed by atoms with Crippen LogP contribution in [0.2, 0.25) is 0 Å². The lowest BCUT2D eigenvalue weighted by atomic mass is 10.1. The minimum Gasteiger partial charge on any atom is -0.410 e. The van der Waals surface area contributed by atoms with Crippen molar-refractivity contribution < 1.29 is 9.53 Å². The smallest absolute Gasteiger partial charge is 0.410 e. The fourth-order valence-corrected chi connectivity index (χ4v) is 1.31. The molecule has 1 rings (SSSR count). The standard InChI is InChI=1S/C14H20N2O2/c1-6-16(5)14(17)18-13-9-7-8-12(10-13)11(2)15(3)4/h7-10H,2,6H2,1,3-5H3. The van der Waals surface area contributed by atoms with Gasteiger partial charge in [-0.05, 0) is 19.1 Å². The summed E-state index contributed by atoms with van der Waals surface area (Å²) in [6, 6.07) is 7.35. The minimum absolute atomic E-state index is 0.356. The third-order valence-corrected chi connectivity index (χ3v) is 2.70. The topological polar surface area (TPSA) is 32.8 Å². The Bertz CT molecular complexity index is 441. The molecule has 0 saturated carbocycles. The Morgan fingerprint density at radius 3 is 2.56 bits per heavy atom. The van der Waals surface area contributed by atoms with Crippen molar-refractivity contribution in [3.05, 3.63) is 36.4 Å². The molecule has 0 spiro atoms. The number of benzene rings is 1. The normalized spacial score (nSPS) is 9.78. The Morgan fingerprint density at radius 2 is 2.00 bits per heavy atom. The van der Waals surface area contributed by atoms with Crippen LogP contribution in [0.5, 0.6) is 5.75 Å². The molecule has 98 valence electrons. The highest BCUT2D eigenvalue weighted by molar-refractivity contribution is 5.71. The van der Waals surface area contributed by atoms with Gasteiger partial charge in [0.1, 0.15) is 5.75 Å². The molecule has 0 aliphatic heterocycles. The lowest BCUT2D eigenvalue weighted by Crippen LogP contribution is -2.29. The van der Waals surface area contributed by atoms with Crippen molar-refractivity contribution >= 4 is 11.8 Å². The number of carbonyl (C=O) groups is 1. The molecule has 0 aromatic heterocycles. The molecule has 0 N–H and O–H groups in total. The number of hydrogen-bond donors (Lipinski definition) is 0. The first-order valence-electron chi connectivity index (χ1n) is 5.85. The van der Waals surface area contributed by atoms with Crippen LogP contribution in [0, 0.1) is 0 Å². The second-order valence-electron chi connectivity index (χ2n) is 4.25. The lowest BCUT2D eigenvalue weighted by Gasteiger charge is -2.17. The molecular weight excluding hydrogens is 228 g/mol. The minimum atomic E-state index is -0.356. The van der Waals surface area contributed by atoms with Gasteiger partial charge in [-0.2, -0.15) is 0 Å². The zero-order valence-corrected chi connectivity index (χ0v) is 11.4. The van der Waals surface area contributed by atoms with E-state index in [4.69, 9.17) is 4.74 Å². The van der Waals surface area contributed by atoms with E-state index in [1.807, 2.05) is 44.1 Å². The maximum absolute atomic E-state index is 11.6. The van der Waals surface area contributed by atoms with Gasteiger partial charge in [0.15, 0.2) is 0 Å². The molecule has 0 saturated heterocycles. The highest BCUT2D eigenvalue weighted by atomic mass is 16.6. The molecule has 4 nitrogen and oxygen atoms in total. The molecule has 0 radical (unpaired) electrons. The molecule has 0 unspecified atom stereocenters. The van der Waals surface area contributed by atoms with E-state index in [1.165, 1.54) is 4.90 Å². The van der Waals surface area contributed by atoms with Crippen LogP contribution < -0.4 is 4.74 Å². The highest BCUT2D eigenvalue weighted by Gasteiger charge is 2.10. The fraction of sp³-hybridized carbons (Fsp3) is 0.357. The van der Waals surface area contributed by atoms with Crippen LogP contribution >= 0.6 is 0 Å². The number of amides is 1. The van der Waals surface area contributed by atoms with Gasteiger partial charge >= 0.3 is 6.09 Å². The van der Waals surface area contributed by atoms with Crippen LogP contribution in [0.3, 0.4) is 0 Å². The first-order valence-corrected chi connectivity index (χ1v) is 5.85. The second kappa shape index (κ2) is 6.10. The number of rotatable bonds is 4. The maximum Gasteiger partial charge on any atom is 0.414 e. The van der Waals surface area contributed by atoms with E-state index in [0.29, 0.717) is 12.3 Å². The van der Waals surface area contributed by atoms with Crippen molar-refractivity contribution in [2.24, 2.45) is 0 Å². The monoisotopic (exact) mass is 248 g/mol. The van der Waals surface area contributed by atoms with Crippen LogP contribution in [0.1, 0.15) is 12.5 Å². The Labute approximate surface area is 108 Å². The van der Waals surface area contributed by atoms with Crippen molar-refractivity contribution in [2.75, 3.05) is 27.7 Å². The van der Waals surface area contributed by atoms with Crippen LogP contribution in [0.15, 0.2) is 30.8 Å². The van der Waals surface area contributed by atoms with Crippen molar-refractivity contribution in [3.8, 4) is 5.75 Å². The summed E-state index contributed by atoms with van der Waals surface area (Å²) in [6.45, 7) is 6.48. The molecule has 1 aromatic rings. The second-order valence-corrected chi connectivity index (χ2v) is 4.25. The SMILES string of the molecule is C=C(c1cccc(OC(=O)N(C)CC)c1)N(C)C. The van der Waals surface area contributed by atoms with Crippen molar-refractivity contribution in [2.45, 2.75) is 6.92 Å². The summed E-state index contributed by atoms with van der Waals surface area (Å²) in [5.41, 5.74) is 1.81. The largest absolute Gasteiger partial charge is 0.414 e. The predicted molar refractivity (Wildman–Crippen MR) is 73.5 cm³/mol. The maximum atomic E-state index is 11.6. The van der Waals surface area contributed by atoms with Gasteiger partial charge in [-0.15, -0.1) is 0 Å². The number of nitrogens with zero attached hydrogens (tertiary/aromatic N) is 2. The number of carbonyl (C=O) groups excluding carboxylic acids is 1. The van der Waals surface area contributed by atoms with Crippen LogP contribution in [-0.4, -0.2) is 43.6 Å². The molecule has 0 aliphatic rings.